The first kappa shape index (κ1) is 9.08. The molecule has 0 saturated carbocycles. The van der Waals surface area contributed by atoms with E-state index in [0.717, 1.165) is 22.6 Å². The summed E-state index contributed by atoms with van der Waals surface area (Å²) in [4.78, 5) is 22.3. The molecule has 3 rings (SSSR count). The summed E-state index contributed by atoms with van der Waals surface area (Å²) in [6, 6.07) is 1.96. The summed E-state index contributed by atoms with van der Waals surface area (Å²) in [5, 5.41) is 8.68. The fourth-order valence-corrected chi connectivity index (χ4v) is 2.00. The van der Waals surface area contributed by atoms with Crippen molar-refractivity contribution in [2.45, 2.75) is 12.8 Å². The molecular weight excluding hydrogens is 206 g/mol. The molecule has 80 valence electrons. The van der Waals surface area contributed by atoms with Crippen molar-refractivity contribution in [3.8, 4) is 11.3 Å². The second-order valence-electron chi connectivity index (χ2n) is 3.77. The summed E-state index contributed by atoms with van der Waals surface area (Å²) in [6.45, 7) is 0. The number of nitrogens with one attached hydrogen (secondary N) is 1. The molecule has 0 amide bonds. The topological polar surface area (TPSA) is 78.9 Å². The van der Waals surface area contributed by atoms with Crippen LogP contribution in [-0.4, -0.2) is 26.0 Å². The predicted molar refractivity (Wildman–Crippen MR) is 56.0 cm³/mol. The van der Waals surface area contributed by atoms with Crippen LogP contribution in [0.15, 0.2) is 18.5 Å². The number of fused-ring (bicyclic) bond motifs is 3. The first-order valence-electron chi connectivity index (χ1n) is 4.97. The number of carboxylic acids is 1. The highest BCUT2D eigenvalue weighted by molar-refractivity contribution is 5.72. The van der Waals surface area contributed by atoms with Gasteiger partial charge in [-0.15, -0.1) is 0 Å². The Morgan fingerprint density at radius 2 is 2.44 bits per heavy atom. The van der Waals surface area contributed by atoms with Gasteiger partial charge in [-0.1, -0.05) is 0 Å². The molecule has 2 heterocycles. The van der Waals surface area contributed by atoms with Gasteiger partial charge >= 0.3 is 5.97 Å². The highest BCUT2D eigenvalue weighted by atomic mass is 16.4. The first-order chi connectivity index (χ1) is 7.74. The zero-order chi connectivity index (χ0) is 11.1. The summed E-state index contributed by atoms with van der Waals surface area (Å²) in [6.07, 6.45) is 4.04. The van der Waals surface area contributed by atoms with Crippen LogP contribution in [-0.2, 0) is 17.6 Å². The van der Waals surface area contributed by atoms with Crippen molar-refractivity contribution in [1.29, 1.82) is 0 Å². The van der Waals surface area contributed by atoms with E-state index in [1.54, 1.807) is 0 Å². The van der Waals surface area contributed by atoms with Gasteiger partial charge in [0, 0.05) is 30.1 Å². The molecule has 1 aliphatic rings. The van der Waals surface area contributed by atoms with Crippen LogP contribution < -0.4 is 0 Å². The molecule has 0 atom stereocenters. The van der Waals surface area contributed by atoms with Gasteiger partial charge in [-0.05, 0) is 6.07 Å². The van der Waals surface area contributed by atoms with E-state index < -0.39 is 5.97 Å². The van der Waals surface area contributed by atoms with Crippen molar-refractivity contribution in [2.75, 3.05) is 0 Å². The minimum absolute atomic E-state index is 0.0752. The summed E-state index contributed by atoms with van der Waals surface area (Å²) in [5.41, 5.74) is 4.41. The first-order valence-corrected chi connectivity index (χ1v) is 4.97. The monoisotopic (exact) mass is 215 g/mol. The lowest BCUT2D eigenvalue weighted by Gasteiger charge is -2.00. The van der Waals surface area contributed by atoms with Crippen LogP contribution in [0.1, 0.15) is 17.1 Å². The Labute approximate surface area is 91.2 Å². The molecule has 1 aliphatic carbocycles. The molecule has 2 aromatic heterocycles. The van der Waals surface area contributed by atoms with Crippen molar-refractivity contribution in [3.63, 3.8) is 0 Å². The lowest BCUT2D eigenvalue weighted by molar-refractivity contribution is -0.136. The van der Waals surface area contributed by atoms with Gasteiger partial charge in [-0.3, -0.25) is 14.8 Å². The van der Waals surface area contributed by atoms with Crippen molar-refractivity contribution in [3.05, 3.63) is 35.5 Å². The molecule has 16 heavy (non-hydrogen) atoms. The predicted octanol–water partition coefficient (Wildman–Crippen LogP) is 1.00. The van der Waals surface area contributed by atoms with Gasteiger partial charge in [0.15, 0.2) is 0 Å². The maximum atomic E-state index is 10.6. The molecular formula is C11H9N3O2. The number of rotatable bonds is 2. The summed E-state index contributed by atoms with van der Waals surface area (Å²) in [5.74, 6) is -0.884. The zero-order valence-electron chi connectivity index (χ0n) is 8.40. The maximum Gasteiger partial charge on any atom is 0.309 e. The molecule has 0 bridgehead atoms. The van der Waals surface area contributed by atoms with E-state index in [4.69, 9.17) is 5.11 Å². The molecule has 0 fully saturated rings. The van der Waals surface area contributed by atoms with Crippen LogP contribution in [0.4, 0.5) is 0 Å². The van der Waals surface area contributed by atoms with Crippen LogP contribution in [0, 0.1) is 0 Å². The van der Waals surface area contributed by atoms with E-state index in [1.165, 1.54) is 6.20 Å². The summed E-state index contributed by atoms with van der Waals surface area (Å²) in [7, 11) is 0. The minimum atomic E-state index is -0.884. The third kappa shape index (κ3) is 1.29. The zero-order valence-corrected chi connectivity index (χ0v) is 8.40. The van der Waals surface area contributed by atoms with Gasteiger partial charge < -0.3 is 10.1 Å². The highest BCUT2D eigenvalue weighted by Gasteiger charge is 2.22. The van der Waals surface area contributed by atoms with E-state index >= 15 is 0 Å². The van der Waals surface area contributed by atoms with Crippen molar-refractivity contribution >= 4 is 5.97 Å². The summed E-state index contributed by atoms with van der Waals surface area (Å²) >= 11 is 0. The Kier molecular flexibility index (Phi) is 1.80. The quantitative estimate of drug-likeness (QED) is 0.668. The Hall–Kier alpha value is -2.17. The minimum Gasteiger partial charge on any atom is -0.481 e. The van der Waals surface area contributed by atoms with Gasteiger partial charge in [0.05, 0.1) is 23.5 Å². The van der Waals surface area contributed by atoms with E-state index in [2.05, 4.69) is 15.0 Å². The smallest absolute Gasteiger partial charge is 0.309 e. The number of nitrogens with zero attached hydrogens (tertiary/aromatic N) is 2. The van der Waals surface area contributed by atoms with Crippen molar-refractivity contribution in [1.82, 2.24) is 15.0 Å². The number of aromatic nitrogens is 3. The average Bonchev–Trinajstić information content (AvgIpc) is 2.75. The van der Waals surface area contributed by atoms with Crippen LogP contribution in [0.25, 0.3) is 11.3 Å². The molecule has 0 unspecified atom stereocenters. The van der Waals surface area contributed by atoms with Crippen LogP contribution >= 0.6 is 0 Å². The molecule has 0 spiro atoms. The fraction of sp³-hybridized carbons (Fsp3) is 0.182. The number of hydrogen-bond acceptors (Lipinski definition) is 3. The normalized spacial score (nSPS) is 12.2. The number of carbonyl (C=O) groups is 1. The van der Waals surface area contributed by atoms with E-state index in [-0.39, 0.29) is 6.42 Å². The number of aromatic amines is 1. The molecule has 0 radical (unpaired) electrons. The standard InChI is InChI=1S/C11H9N3O2/c15-10(16)3-6-5-13-11-7-1-2-12-8(7)4-9(11)14-6/h1-2,5,12H,3-4H2,(H,15,16). The second-order valence-corrected chi connectivity index (χ2v) is 3.77. The SMILES string of the molecule is O=C(O)Cc1cnc2c(n1)Cc1[nH]ccc1-2. The Balaban J connectivity index is 2.02. The van der Waals surface area contributed by atoms with Crippen LogP contribution in [0.5, 0.6) is 0 Å². The maximum absolute atomic E-state index is 10.6. The molecule has 0 saturated heterocycles. The molecule has 5 nitrogen and oxygen atoms in total. The van der Waals surface area contributed by atoms with Gasteiger partial charge in [-0.25, -0.2) is 0 Å². The molecule has 2 N–H and O–H groups in total. The van der Waals surface area contributed by atoms with Gasteiger partial charge in [0.2, 0.25) is 0 Å². The van der Waals surface area contributed by atoms with Gasteiger partial charge in [0.25, 0.3) is 0 Å². The van der Waals surface area contributed by atoms with Gasteiger partial charge in [-0.2, -0.15) is 0 Å². The molecule has 0 aliphatic heterocycles. The molecule has 2 aromatic rings. The molecule has 5 heteroatoms. The fourth-order valence-electron chi connectivity index (χ4n) is 2.00. The van der Waals surface area contributed by atoms with E-state index in [9.17, 15) is 4.79 Å². The van der Waals surface area contributed by atoms with E-state index in [1.807, 2.05) is 12.3 Å². The number of aliphatic carboxylic acids is 1. The van der Waals surface area contributed by atoms with Crippen molar-refractivity contribution < 1.29 is 9.90 Å². The lowest BCUT2D eigenvalue weighted by atomic mass is 10.2. The number of hydrogen-bond donors (Lipinski definition) is 2. The highest BCUT2D eigenvalue weighted by Crippen LogP contribution is 2.32. The summed E-state index contributed by atoms with van der Waals surface area (Å²) < 4.78 is 0. The largest absolute Gasteiger partial charge is 0.481 e. The molecule has 0 aromatic carbocycles. The third-order valence-electron chi connectivity index (χ3n) is 2.66. The number of H-pyrrole nitrogens is 1. The van der Waals surface area contributed by atoms with E-state index in [0.29, 0.717) is 12.1 Å². The Bertz CT molecular complexity index is 574. The average molecular weight is 215 g/mol. The Morgan fingerprint density at radius 3 is 3.25 bits per heavy atom. The second kappa shape index (κ2) is 3.16. The lowest BCUT2D eigenvalue weighted by Crippen LogP contribution is -2.05. The van der Waals surface area contributed by atoms with Crippen LogP contribution in [0.3, 0.4) is 0 Å². The number of carboxylic acid groups (broad SMARTS) is 1. The third-order valence-corrected chi connectivity index (χ3v) is 2.66. The van der Waals surface area contributed by atoms with Crippen LogP contribution in [0.2, 0.25) is 0 Å². The van der Waals surface area contributed by atoms with Crippen molar-refractivity contribution in [2.24, 2.45) is 0 Å². The van der Waals surface area contributed by atoms with Gasteiger partial charge in [0.1, 0.15) is 0 Å². The Morgan fingerprint density at radius 1 is 1.56 bits per heavy atom.